The Morgan fingerprint density at radius 1 is 1.17 bits per heavy atom. The maximum atomic E-state index is 12.1. The first-order chi connectivity index (χ1) is 11.0. The predicted octanol–water partition coefficient (Wildman–Crippen LogP) is 3.28. The SMILES string of the molecule is COC(=O)c1cc(-c2cc(C)ccc2C(=O)O)n2c1CCCC2. The van der Waals surface area contributed by atoms with E-state index < -0.39 is 5.97 Å². The van der Waals surface area contributed by atoms with Crippen molar-refractivity contribution < 1.29 is 19.4 Å². The Bertz CT molecular complexity index is 789. The van der Waals surface area contributed by atoms with Crippen LogP contribution in [0.25, 0.3) is 11.3 Å². The van der Waals surface area contributed by atoms with E-state index in [1.807, 2.05) is 13.0 Å². The van der Waals surface area contributed by atoms with Crippen LogP contribution in [0.3, 0.4) is 0 Å². The van der Waals surface area contributed by atoms with Crippen molar-refractivity contribution in [1.82, 2.24) is 4.57 Å². The van der Waals surface area contributed by atoms with Gasteiger partial charge in [0.15, 0.2) is 0 Å². The third kappa shape index (κ3) is 2.63. The Morgan fingerprint density at radius 2 is 1.96 bits per heavy atom. The lowest BCUT2D eigenvalue weighted by atomic mass is 10.0. The molecule has 2 heterocycles. The number of aromatic carboxylic acids is 1. The Kier molecular flexibility index (Phi) is 3.94. The highest BCUT2D eigenvalue weighted by Crippen LogP contribution is 2.33. The molecule has 23 heavy (non-hydrogen) atoms. The average molecular weight is 313 g/mol. The van der Waals surface area contributed by atoms with Gasteiger partial charge in [-0.2, -0.15) is 0 Å². The van der Waals surface area contributed by atoms with E-state index in [0.717, 1.165) is 42.8 Å². The molecule has 0 fully saturated rings. The first-order valence-corrected chi connectivity index (χ1v) is 7.68. The van der Waals surface area contributed by atoms with Gasteiger partial charge < -0.3 is 14.4 Å². The fraction of sp³-hybridized carbons (Fsp3) is 0.333. The van der Waals surface area contributed by atoms with Gasteiger partial charge in [0, 0.05) is 23.5 Å². The number of methoxy groups -OCH3 is 1. The molecule has 0 amide bonds. The highest BCUT2D eigenvalue weighted by atomic mass is 16.5. The summed E-state index contributed by atoms with van der Waals surface area (Å²) in [6.07, 6.45) is 2.84. The van der Waals surface area contributed by atoms with Crippen molar-refractivity contribution in [1.29, 1.82) is 0 Å². The number of benzene rings is 1. The lowest BCUT2D eigenvalue weighted by Crippen LogP contribution is -2.14. The molecule has 0 saturated carbocycles. The van der Waals surface area contributed by atoms with E-state index in [1.165, 1.54) is 7.11 Å². The molecule has 2 aromatic rings. The molecule has 0 radical (unpaired) electrons. The van der Waals surface area contributed by atoms with Crippen molar-refractivity contribution >= 4 is 11.9 Å². The smallest absolute Gasteiger partial charge is 0.339 e. The summed E-state index contributed by atoms with van der Waals surface area (Å²) in [5.74, 6) is -1.34. The van der Waals surface area contributed by atoms with E-state index in [4.69, 9.17) is 4.74 Å². The molecule has 0 bridgehead atoms. The molecule has 120 valence electrons. The predicted molar refractivity (Wildman–Crippen MR) is 85.8 cm³/mol. The van der Waals surface area contributed by atoms with E-state index in [-0.39, 0.29) is 11.5 Å². The third-order valence-electron chi connectivity index (χ3n) is 4.34. The van der Waals surface area contributed by atoms with Crippen molar-refractivity contribution in [3.8, 4) is 11.3 Å². The van der Waals surface area contributed by atoms with Gasteiger partial charge in [-0.25, -0.2) is 9.59 Å². The number of aromatic nitrogens is 1. The van der Waals surface area contributed by atoms with Crippen molar-refractivity contribution in [2.45, 2.75) is 32.7 Å². The first kappa shape index (κ1) is 15.3. The Balaban J connectivity index is 2.25. The van der Waals surface area contributed by atoms with Gasteiger partial charge in [-0.05, 0) is 44.4 Å². The number of esters is 1. The van der Waals surface area contributed by atoms with Crippen LogP contribution in [-0.2, 0) is 17.7 Å². The van der Waals surface area contributed by atoms with Crippen LogP contribution in [0.2, 0.25) is 0 Å². The van der Waals surface area contributed by atoms with E-state index in [0.29, 0.717) is 11.1 Å². The van der Waals surface area contributed by atoms with E-state index in [1.54, 1.807) is 18.2 Å². The standard InChI is InChI=1S/C18H19NO4/c1-11-6-7-12(17(20)21)13(9-11)16-10-14(18(22)23-2)15-5-3-4-8-19(15)16/h6-7,9-10H,3-5,8H2,1-2H3,(H,20,21). The highest BCUT2D eigenvalue weighted by Gasteiger charge is 2.25. The van der Waals surface area contributed by atoms with Gasteiger partial charge in [0.1, 0.15) is 0 Å². The number of rotatable bonds is 3. The van der Waals surface area contributed by atoms with E-state index >= 15 is 0 Å². The molecule has 1 aromatic carbocycles. The quantitative estimate of drug-likeness (QED) is 0.883. The fourth-order valence-corrected chi connectivity index (χ4v) is 3.24. The van der Waals surface area contributed by atoms with Crippen LogP contribution in [-0.4, -0.2) is 28.7 Å². The van der Waals surface area contributed by atoms with Crippen molar-refractivity contribution in [3.05, 3.63) is 46.6 Å². The van der Waals surface area contributed by atoms with Crippen LogP contribution in [0, 0.1) is 6.92 Å². The van der Waals surface area contributed by atoms with Crippen LogP contribution in [0.1, 0.15) is 44.8 Å². The van der Waals surface area contributed by atoms with E-state index in [9.17, 15) is 14.7 Å². The number of carboxylic acid groups (broad SMARTS) is 1. The lowest BCUT2D eigenvalue weighted by molar-refractivity contribution is 0.0598. The number of ether oxygens (including phenoxy) is 1. The first-order valence-electron chi connectivity index (χ1n) is 7.68. The normalized spacial score (nSPS) is 13.5. The van der Waals surface area contributed by atoms with Gasteiger partial charge >= 0.3 is 11.9 Å². The number of nitrogens with zero attached hydrogens (tertiary/aromatic N) is 1. The number of aryl methyl sites for hydroxylation is 1. The van der Waals surface area contributed by atoms with Gasteiger partial charge in [-0.3, -0.25) is 0 Å². The fourth-order valence-electron chi connectivity index (χ4n) is 3.24. The van der Waals surface area contributed by atoms with E-state index in [2.05, 4.69) is 4.57 Å². The van der Waals surface area contributed by atoms with Gasteiger partial charge in [-0.15, -0.1) is 0 Å². The minimum absolute atomic E-state index is 0.248. The second-order valence-electron chi connectivity index (χ2n) is 5.84. The summed E-state index contributed by atoms with van der Waals surface area (Å²) in [7, 11) is 1.37. The maximum absolute atomic E-state index is 12.1. The molecule has 0 aliphatic carbocycles. The number of carbonyl (C=O) groups excluding carboxylic acids is 1. The minimum atomic E-state index is -0.967. The zero-order chi connectivity index (χ0) is 16.6. The Hall–Kier alpha value is -2.56. The highest BCUT2D eigenvalue weighted by molar-refractivity contribution is 5.98. The average Bonchev–Trinajstić information content (AvgIpc) is 2.93. The van der Waals surface area contributed by atoms with Crippen molar-refractivity contribution in [3.63, 3.8) is 0 Å². The third-order valence-corrected chi connectivity index (χ3v) is 4.34. The molecule has 0 spiro atoms. The van der Waals surface area contributed by atoms with Gasteiger partial charge in [0.05, 0.1) is 18.2 Å². The number of hydrogen-bond donors (Lipinski definition) is 1. The van der Waals surface area contributed by atoms with Gasteiger partial charge in [0.25, 0.3) is 0 Å². The molecule has 0 atom stereocenters. The largest absolute Gasteiger partial charge is 0.478 e. The zero-order valence-electron chi connectivity index (χ0n) is 13.3. The topological polar surface area (TPSA) is 68.5 Å². The summed E-state index contributed by atoms with van der Waals surface area (Å²) in [5, 5.41) is 9.48. The Labute approximate surface area is 134 Å². The molecule has 1 aliphatic rings. The van der Waals surface area contributed by atoms with Crippen LogP contribution in [0.5, 0.6) is 0 Å². The van der Waals surface area contributed by atoms with Crippen LogP contribution >= 0.6 is 0 Å². The summed E-state index contributed by atoms with van der Waals surface area (Å²) in [6, 6.07) is 7.04. The second kappa shape index (κ2) is 5.91. The molecule has 5 heteroatoms. The Morgan fingerprint density at radius 3 is 2.65 bits per heavy atom. The molecule has 5 nitrogen and oxygen atoms in total. The van der Waals surface area contributed by atoms with Crippen LogP contribution in [0.4, 0.5) is 0 Å². The van der Waals surface area contributed by atoms with Crippen molar-refractivity contribution in [2.24, 2.45) is 0 Å². The van der Waals surface area contributed by atoms with Gasteiger partial charge in [0.2, 0.25) is 0 Å². The zero-order valence-corrected chi connectivity index (χ0v) is 13.3. The molecule has 0 saturated heterocycles. The molecule has 1 N–H and O–H groups in total. The summed E-state index contributed by atoms with van der Waals surface area (Å²) < 4.78 is 6.95. The lowest BCUT2D eigenvalue weighted by Gasteiger charge is -2.19. The van der Waals surface area contributed by atoms with Crippen LogP contribution in [0.15, 0.2) is 24.3 Å². The number of carbonyl (C=O) groups is 2. The molecule has 3 rings (SSSR count). The minimum Gasteiger partial charge on any atom is -0.478 e. The molecular formula is C18H19NO4. The molecule has 1 aromatic heterocycles. The summed E-state index contributed by atoms with van der Waals surface area (Å²) in [5.41, 5.74) is 4.14. The number of carboxylic acids is 1. The van der Waals surface area contributed by atoms with Gasteiger partial charge in [-0.1, -0.05) is 11.6 Å². The molecular weight excluding hydrogens is 294 g/mol. The van der Waals surface area contributed by atoms with Crippen molar-refractivity contribution in [2.75, 3.05) is 7.11 Å². The summed E-state index contributed by atoms with van der Waals surface area (Å²) in [6.45, 7) is 2.71. The number of fused-ring (bicyclic) bond motifs is 1. The summed E-state index contributed by atoms with van der Waals surface area (Å²) >= 11 is 0. The monoisotopic (exact) mass is 313 g/mol. The number of hydrogen-bond acceptors (Lipinski definition) is 3. The second-order valence-corrected chi connectivity index (χ2v) is 5.84. The maximum Gasteiger partial charge on any atom is 0.339 e. The molecule has 0 unspecified atom stereocenters. The molecule has 1 aliphatic heterocycles. The summed E-state index contributed by atoms with van der Waals surface area (Å²) in [4.78, 5) is 23.6. The van der Waals surface area contributed by atoms with Crippen LogP contribution < -0.4 is 0 Å².